The van der Waals surface area contributed by atoms with Crippen LogP contribution in [0.4, 0.5) is 17.3 Å². The van der Waals surface area contributed by atoms with E-state index in [9.17, 15) is 0 Å². The second-order valence-electron chi connectivity index (χ2n) is 4.46. The van der Waals surface area contributed by atoms with E-state index in [0.29, 0.717) is 0 Å². The van der Waals surface area contributed by atoms with Crippen molar-refractivity contribution in [2.45, 2.75) is 0 Å². The number of hydrogen-bond donors (Lipinski definition) is 1. The van der Waals surface area contributed by atoms with Crippen LogP contribution in [0.15, 0.2) is 36.9 Å². The second kappa shape index (κ2) is 5.09. The molecular formula is C13H16N6. The van der Waals surface area contributed by atoms with Crippen molar-refractivity contribution in [2.75, 3.05) is 41.7 Å². The number of aromatic nitrogens is 3. The Balaban J connectivity index is 1.69. The van der Waals surface area contributed by atoms with Crippen LogP contribution in [0.2, 0.25) is 0 Å². The lowest BCUT2D eigenvalue weighted by atomic mass is 10.2. The van der Waals surface area contributed by atoms with E-state index in [1.807, 2.05) is 12.1 Å². The summed E-state index contributed by atoms with van der Waals surface area (Å²) in [6.07, 6.45) is 7.02. The molecule has 2 aromatic heterocycles. The minimum atomic E-state index is 0.729. The van der Waals surface area contributed by atoms with E-state index in [-0.39, 0.29) is 0 Å². The first-order valence-corrected chi connectivity index (χ1v) is 6.31. The summed E-state index contributed by atoms with van der Waals surface area (Å²) in [5, 5.41) is 0. The number of rotatable bonds is 2. The highest BCUT2D eigenvalue weighted by molar-refractivity contribution is 5.66. The van der Waals surface area contributed by atoms with Crippen molar-refractivity contribution >= 4 is 17.3 Å². The highest BCUT2D eigenvalue weighted by Crippen LogP contribution is 2.23. The number of nitrogens with two attached hydrogens (primary N) is 1. The molecule has 0 saturated carbocycles. The second-order valence-corrected chi connectivity index (χ2v) is 4.46. The Morgan fingerprint density at radius 1 is 0.947 bits per heavy atom. The van der Waals surface area contributed by atoms with E-state index in [4.69, 9.17) is 5.73 Å². The van der Waals surface area contributed by atoms with Gasteiger partial charge < -0.3 is 15.5 Å². The molecule has 0 aromatic carbocycles. The molecule has 3 rings (SSSR count). The zero-order valence-corrected chi connectivity index (χ0v) is 10.6. The Labute approximate surface area is 111 Å². The molecule has 1 aliphatic rings. The van der Waals surface area contributed by atoms with Crippen LogP contribution < -0.4 is 15.5 Å². The molecule has 0 spiro atoms. The van der Waals surface area contributed by atoms with Crippen LogP contribution in [0.25, 0.3) is 0 Å². The quantitative estimate of drug-likeness (QED) is 0.856. The number of hydrogen-bond acceptors (Lipinski definition) is 6. The van der Waals surface area contributed by atoms with Crippen LogP contribution in [0, 0.1) is 0 Å². The van der Waals surface area contributed by atoms with Crippen molar-refractivity contribution in [2.24, 2.45) is 0 Å². The highest BCUT2D eigenvalue weighted by Gasteiger charge is 2.19. The minimum absolute atomic E-state index is 0.729. The fourth-order valence-electron chi connectivity index (χ4n) is 2.29. The molecule has 3 heterocycles. The smallest absolute Gasteiger partial charge is 0.225 e. The molecule has 1 aliphatic heterocycles. The summed E-state index contributed by atoms with van der Waals surface area (Å²) in [7, 11) is 0. The average Bonchev–Trinajstić information content (AvgIpc) is 2.49. The summed E-state index contributed by atoms with van der Waals surface area (Å²) < 4.78 is 0. The van der Waals surface area contributed by atoms with Crippen LogP contribution in [-0.4, -0.2) is 41.1 Å². The third-order valence-corrected chi connectivity index (χ3v) is 3.28. The summed E-state index contributed by atoms with van der Waals surface area (Å²) in [5.74, 6) is 0.796. The number of nitrogen functional groups attached to an aromatic ring is 1. The van der Waals surface area contributed by atoms with Crippen molar-refractivity contribution in [3.63, 3.8) is 0 Å². The maximum absolute atomic E-state index is 5.95. The number of nitrogens with zero attached hydrogens (tertiary/aromatic N) is 5. The Morgan fingerprint density at radius 3 is 2.32 bits per heavy atom. The van der Waals surface area contributed by atoms with Gasteiger partial charge in [0.05, 0.1) is 17.6 Å². The summed E-state index contributed by atoms with van der Waals surface area (Å²) >= 11 is 0. The molecule has 0 aliphatic carbocycles. The van der Waals surface area contributed by atoms with Gasteiger partial charge in [0.15, 0.2) is 0 Å². The van der Waals surface area contributed by atoms with Gasteiger partial charge in [0.1, 0.15) is 0 Å². The molecule has 1 saturated heterocycles. The predicted octanol–water partition coefficient (Wildman–Crippen LogP) is 0.780. The maximum atomic E-state index is 5.95. The van der Waals surface area contributed by atoms with Gasteiger partial charge in [-0.05, 0) is 12.1 Å². The first-order valence-electron chi connectivity index (χ1n) is 6.31. The van der Waals surface area contributed by atoms with E-state index < -0.39 is 0 Å². The molecule has 0 radical (unpaired) electrons. The topological polar surface area (TPSA) is 71.2 Å². The van der Waals surface area contributed by atoms with Gasteiger partial charge in [-0.2, -0.15) is 0 Å². The standard InChI is InChI=1S/C13H16N6/c14-11-10-15-5-2-12(11)18-6-8-19(9-7-18)13-16-3-1-4-17-13/h1-5,10H,6-9,14H2. The van der Waals surface area contributed by atoms with Crippen LogP contribution in [0.3, 0.4) is 0 Å². The Hall–Kier alpha value is -2.37. The SMILES string of the molecule is Nc1cnccc1N1CCN(c2ncccn2)CC1. The monoisotopic (exact) mass is 256 g/mol. The van der Waals surface area contributed by atoms with Gasteiger partial charge in [-0.25, -0.2) is 9.97 Å². The lowest BCUT2D eigenvalue weighted by molar-refractivity contribution is 0.640. The highest BCUT2D eigenvalue weighted by atomic mass is 15.3. The van der Waals surface area contributed by atoms with Gasteiger partial charge >= 0.3 is 0 Å². The fraction of sp³-hybridized carbons (Fsp3) is 0.308. The molecule has 0 amide bonds. The van der Waals surface area contributed by atoms with E-state index >= 15 is 0 Å². The fourth-order valence-corrected chi connectivity index (χ4v) is 2.29. The van der Waals surface area contributed by atoms with Gasteiger partial charge in [-0.3, -0.25) is 4.98 Å². The van der Waals surface area contributed by atoms with Gasteiger partial charge in [0.25, 0.3) is 0 Å². The Morgan fingerprint density at radius 2 is 1.63 bits per heavy atom. The molecular weight excluding hydrogens is 240 g/mol. The summed E-state index contributed by atoms with van der Waals surface area (Å²) in [6.45, 7) is 3.61. The van der Waals surface area contributed by atoms with Gasteiger partial charge in [-0.15, -0.1) is 0 Å². The first-order chi connectivity index (χ1) is 9.34. The lowest BCUT2D eigenvalue weighted by Crippen LogP contribution is -2.47. The van der Waals surface area contributed by atoms with Crippen molar-refractivity contribution in [1.82, 2.24) is 15.0 Å². The van der Waals surface area contributed by atoms with Crippen molar-refractivity contribution in [1.29, 1.82) is 0 Å². The van der Waals surface area contributed by atoms with Gasteiger partial charge in [0.2, 0.25) is 5.95 Å². The number of pyridine rings is 1. The van der Waals surface area contributed by atoms with Crippen molar-refractivity contribution in [3.05, 3.63) is 36.9 Å². The lowest BCUT2D eigenvalue weighted by Gasteiger charge is -2.36. The van der Waals surface area contributed by atoms with Crippen LogP contribution >= 0.6 is 0 Å². The molecule has 0 atom stereocenters. The van der Waals surface area contributed by atoms with E-state index in [0.717, 1.165) is 43.5 Å². The predicted molar refractivity (Wildman–Crippen MR) is 75.1 cm³/mol. The van der Waals surface area contributed by atoms with Gasteiger partial charge in [0, 0.05) is 44.8 Å². The van der Waals surface area contributed by atoms with E-state index in [2.05, 4.69) is 24.8 Å². The normalized spacial score (nSPS) is 15.6. The molecule has 2 aromatic rings. The summed E-state index contributed by atoms with van der Waals surface area (Å²) in [6, 6.07) is 3.79. The number of piperazine rings is 1. The molecule has 6 heteroatoms. The zero-order chi connectivity index (χ0) is 13.1. The zero-order valence-electron chi connectivity index (χ0n) is 10.6. The third kappa shape index (κ3) is 2.42. The molecule has 6 nitrogen and oxygen atoms in total. The van der Waals surface area contributed by atoms with Crippen molar-refractivity contribution in [3.8, 4) is 0 Å². The van der Waals surface area contributed by atoms with Gasteiger partial charge in [-0.1, -0.05) is 0 Å². The van der Waals surface area contributed by atoms with E-state index in [1.54, 1.807) is 24.8 Å². The molecule has 19 heavy (non-hydrogen) atoms. The Kier molecular flexibility index (Phi) is 3.14. The van der Waals surface area contributed by atoms with Crippen molar-refractivity contribution < 1.29 is 0 Å². The minimum Gasteiger partial charge on any atom is -0.396 e. The van der Waals surface area contributed by atoms with Crippen LogP contribution in [0.1, 0.15) is 0 Å². The molecule has 1 fully saturated rings. The Bertz CT molecular complexity index is 536. The van der Waals surface area contributed by atoms with Crippen LogP contribution in [-0.2, 0) is 0 Å². The summed E-state index contributed by atoms with van der Waals surface area (Å²) in [5.41, 5.74) is 7.74. The molecule has 0 bridgehead atoms. The molecule has 0 unspecified atom stereocenters. The maximum Gasteiger partial charge on any atom is 0.225 e. The summed E-state index contributed by atoms with van der Waals surface area (Å²) in [4.78, 5) is 17.0. The molecule has 98 valence electrons. The number of anilines is 3. The third-order valence-electron chi connectivity index (χ3n) is 3.28. The molecule has 2 N–H and O–H groups in total. The van der Waals surface area contributed by atoms with Crippen LogP contribution in [0.5, 0.6) is 0 Å². The van der Waals surface area contributed by atoms with E-state index in [1.165, 1.54) is 0 Å². The average molecular weight is 256 g/mol. The largest absolute Gasteiger partial charge is 0.396 e. The first kappa shape index (κ1) is 11.7.